The SMILES string of the molecule is COc1cc(CNC(=O)n2c3c(c4cc(C#N)ccc42)CN(C/C=C/c2ccc(F)c(Cl)c2)CC3)ccn1. The summed E-state index contributed by atoms with van der Waals surface area (Å²) in [5.41, 5.74) is 5.02. The van der Waals surface area contributed by atoms with Crippen LogP contribution in [-0.4, -0.2) is 40.7 Å². The average Bonchev–Trinajstić information content (AvgIpc) is 3.26. The fraction of sp³-hybridized carbons (Fsp3) is 0.207. The van der Waals surface area contributed by atoms with E-state index >= 15 is 0 Å². The first-order valence-corrected chi connectivity index (χ1v) is 12.5. The second-order valence-electron chi connectivity index (χ2n) is 9.03. The number of carbonyl (C=O) groups is 1. The molecule has 1 aliphatic heterocycles. The van der Waals surface area contributed by atoms with Crippen molar-refractivity contribution in [2.75, 3.05) is 20.2 Å². The molecule has 0 fully saturated rings. The third-order valence-corrected chi connectivity index (χ3v) is 6.92. The number of amides is 1. The lowest BCUT2D eigenvalue weighted by Gasteiger charge is -2.27. The summed E-state index contributed by atoms with van der Waals surface area (Å²) in [7, 11) is 1.55. The molecule has 9 heteroatoms. The van der Waals surface area contributed by atoms with Gasteiger partial charge in [-0.2, -0.15) is 5.26 Å². The van der Waals surface area contributed by atoms with Crippen LogP contribution in [0.3, 0.4) is 0 Å². The van der Waals surface area contributed by atoms with Crippen molar-refractivity contribution in [3.63, 3.8) is 0 Å². The largest absolute Gasteiger partial charge is 0.481 e. The van der Waals surface area contributed by atoms with Gasteiger partial charge in [0.1, 0.15) is 5.82 Å². The molecule has 4 aromatic rings. The molecule has 1 aliphatic rings. The van der Waals surface area contributed by atoms with Gasteiger partial charge in [0.2, 0.25) is 5.88 Å². The number of aromatic nitrogens is 2. The molecule has 0 spiro atoms. The molecule has 0 bridgehead atoms. The van der Waals surface area contributed by atoms with Gasteiger partial charge in [0, 0.05) is 55.9 Å². The third kappa shape index (κ3) is 5.25. The van der Waals surface area contributed by atoms with Crippen molar-refractivity contribution in [3.8, 4) is 11.9 Å². The number of pyridine rings is 1. The second kappa shape index (κ2) is 11.1. The van der Waals surface area contributed by atoms with Crippen LogP contribution in [-0.2, 0) is 19.5 Å². The standard InChI is InChI=1S/C29H25ClFN5O2/c1-38-28-15-21(8-10-33-28)17-34-29(37)36-26-7-5-20(16-32)13-22(26)23-18-35(12-9-27(23)36)11-2-3-19-4-6-25(31)24(30)14-19/h2-8,10,13-15H,9,11-12,17-18H2,1H3,(H,34,37)/b3-2+. The molecule has 2 aromatic carbocycles. The minimum Gasteiger partial charge on any atom is -0.481 e. The van der Waals surface area contributed by atoms with Gasteiger partial charge in [0.05, 0.1) is 29.3 Å². The highest BCUT2D eigenvalue weighted by atomic mass is 35.5. The van der Waals surface area contributed by atoms with Crippen molar-refractivity contribution >= 4 is 34.6 Å². The molecule has 5 rings (SSSR count). The highest BCUT2D eigenvalue weighted by molar-refractivity contribution is 6.30. The Labute approximate surface area is 224 Å². The summed E-state index contributed by atoms with van der Waals surface area (Å²) in [4.78, 5) is 19.8. The number of benzene rings is 2. The Kier molecular flexibility index (Phi) is 7.40. The Morgan fingerprint density at radius 1 is 1.26 bits per heavy atom. The fourth-order valence-electron chi connectivity index (χ4n) is 4.75. The number of halogens is 2. The van der Waals surface area contributed by atoms with Crippen LogP contribution in [0.1, 0.15) is 27.9 Å². The van der Waals surface area contributed by atoms with Crippen LogP contribution in [0.5, 0.6) is 5.88 Å². The molecule has 1 N–H and O–H groups in total. The number of ether oxygens (including phenoxy) is 1. The average molecular weight is 530 g/mol. The van der Waals surface area contributed by atoms with Crippen LogP contribution in [0.4, 0.5) is 9.18 Å². The zero-order chi connectivity index (χ0) is 26.6. The molecular weight excluding hydrogens is 505 g/mol. The van der Waals surface area contributed by atoms with E-state index in [4.69, 9.17) is 16.3 Å². The van der Waals surface area contributed by atoms with Gasteiger partial charge in [-0.25, -0.2) is 14.2 Å². The van der Waals surface area contributed by atoms with E-state index in [1.807, 2.05) is 30.4 Å². The highest BCUT2D eigenvalue weighted by Crippen LogP contribution is 2.32. The number of hydrogen-bond donors (Lipinski definition) is 1. The second-order valence-corrected chi connectivity index (χ2v) is 9.44. The molecule has 38 heavy (non-hydrogen) atoms. The van der Waals surface area contributed by atoms with Gasteiger partial charge in [-0.3, -0.25) is 9.47 Å². The van der Waals surface area contributed by atoms with Crippen molar-refractivity contribution in [3.05, 3.63) is 99.6 Å². The van der Waals surface area contributed by atoms with E-state index in [1.54, 1.807) is 42.1 Å². The third-order valence-electron chi connectivity index (χ3n) is 6.63. The van der Waals surface area contributed by atoms with Gasteiger partial charge in [0.15, 0.2) is 0 Å². The normalized spacial score (nSPS) is 13.4. The number of fused-ring (bicyclic) bond motifs is 3. The van der Waals surface area contributed by atoms with E-state index in [1.165, 1.54) is 6.07 Å². The van der Waals surface area contributed by atoms with Gasteiger partial charge in [-0.15, -0.1) is 0 Å². The summed E-state index contributed by atoms with van der Waals surface area (Å²) in [5, 5.41) is 13.5. The molecule has 3 heterocycles. The molecule has 0 aliphatic carbocycles. The maximum Gasteiger partial charge on any atom is 0.326 e. The monoisotopic (exact) mass is 529 g/mol. The molecule has 7 nitrogen and oxygen atoms in total. The summed E-state index contributed by atoms with van der Waals surface area (Å²) in [5.74, 6) is 0.0475. The molecule has 0 saturated heterocycles. The van der Waals surface area contributed by atoms with Crippen molar-refractivity contribution < 1.29 is 13.9 Å². The zero-order valence-corrected chi connectivity index (χ0v) is 21.5. The van der Waals surface area contributed by atoms with Crippen molar-refractivity contribution in [2.24, 2.45) is 0 Å². The van der Waals surface area contributed by atoms with Gasteiger partial charge in [-0.05, 0) is 53.1 Å². The van der Waals surface area contributed by atoms with E-state index in [-0.39, 0.29) is 11.1 Å². The Bertz CT molecular complexity index is 1590. The van der Waals surface area contributed by atoms with E-state index in [0.717, 1.165) is 39.8 Å². The minimum absolute atomic E-state index is 0.0946. The van der Waals surface area contributed by atoms with Gasteiger partial charge < -0.3 is 10.1 Å². The van der Waals surface area contributed by atoms with Crippen LogP contribution < -0.4 is 10.1 Å². The summed E-state index contributed by atoms with van der Waals surface area (Å²) < 4.78 is 20.3. The Hall–Kier alpha value is -4.19. The Balaban J connectivity index is 1.38. The van der Waals surface area contributed by atoms with Crippen molar-refractivity contribution in [2.45, 2.75) is 19.5 Å². The van der Waals surface area contributed by atoms with Crippen molar-refractivity contribution in [1.29, 1.82) is 5.26 Å². The van der Waals surface area contributed by atoms with Gasteiger partial charge in [0.25, 0.3) is 0 Å². The smallest absolute Gasteiger partial charge is 0.326 e. The first-order chi connectivity index (χ1) is 18.5. The molecule has 0 saturated carbocycles. The van der Waals surface area contributed by atoms with E-state index in [2.05, 4.69) is 21.3 Å². The number of methoxy groups -OCH3 is 1. The van der Waals surface area contributed by atoms with Crippen LogP contribution >= 0.6 is 11.6 Å². The number of nitrogens with zero attached hydrogens (tertiary/aromatic N) is 4. The maximum atomic E-state index is 13.4. The highest BCUT2D eigenvalue weighted by Gasteiger charge is 2.26. The molecule has 0 radical (unpaired) electrons. The van der Waals surface area contributed by atoms with Crippen LogP contribution in [0.25, 0.3) is 17.0 Å². The van der Waals surface area contributed by atoms with Gasteiger partial charge in [-0.1, -0.05) is 29.8 Å². The van der Waals surface area contributed by atoms with E-state index in [9.17, 15) is 14.4 Å². The fourth-order valence-corrected chi connectivity index (χ4v) is 4.94. The molecule has 0 atom stereocenters. The van der Waals surface area contributed by atoms with E-state index < -0.39 is 5.82 Å². The lowest BCUT2D eigenvalue weighted by Crippen LogP contribution is -2.34. The first kappa shape index (κ1) is 25.5. The number of nitrogens with one attached hydrogen (secondary N) is 1. The lowest BCUT2D eigenvalue weighted by molar-refractivity contribution is 0.240. The van der Waals surface area contributed by atoms with Crippen LogP contribution in [0.2, 0.25) is 5.02 Å². The molecular formula is C29H25ClFN5O2. The predicted molar refractivity (Wildman–Crippen MR) is 145 cm³/mol. The quantitative estimate of drug-likeness (QED) is 0.354. The predicted octanol–water partition coefficient (Wildman–Crippen LogP) is 5.54. The Morgan fingerprint density at radius 3 is 2.92 bits per heavy atom. The summed E-state index contributed by atoms with van der Waals surface area (Å²) >= 11 is 5.89. The number of hydrogen-bond acceptors (Lipinski definition) is 5. The topological polar surface area (TPSA) is 83.2 Å². The Morgan fingerprint density at radius 2 is 2.13 bits per heavy atom. The van der Waals surface area contributed by atoms with Crippen LogP contribution in [0.15, 0.2) is 60.8 Å². The molecule has 0 unspecified atom stereocenters. The summed E-state index contributed by atoms with van der Waals surface area (Å²) in [6.07, 6.45) is 6.26. The molecule has 192 valence electrons. The maximum absolute atomic E-state index is 13.4. The lowest BCUT2D eigenvalue weighted by atomic mass is 10.0. The molecule has 2 aromatic heterocycles. The number of nitriles is 1. The zero-order valence-electron chi connectivity index (χ0n) is 20.7. The summed E-state index contributed by atoms with van der Waals surface area (Å²) in [6, 6.07) is 15.7. The van der Waals surface area contributed by atoms with E-state index in [0.29, 0.717) is 37.5 Å². The van der Waals surface area contributed by atoms with Crippen LogP contribution in [0, 0.1) is 17.1 Å². The number of rotatable bonds is 6. The van der Waals surface area contributed by atoms with Gasteiger partial charge >= 0.3 is 6.03 Å². The number of carbonyl (C=O) groups excluding carboxylic acids is 1. The van der Waals surface area contributed by atoms with Crippen molar-refractivity contribution in [1.82, 2.24) is 19.8 Å². The molecule has 1 amide bonds. The summed E-state index contributed by atoms with van der Waals surface area (Å²) in [6.45, 7) is 2.40. The minimum atomic E-state index is -0.440. The first-order valence-electron chi connectivity index (χ1n) is 12.1.